The van der Waals surface area contributed by atoms with Gasteiger partial charge in [-0.15, -0.1) is 0 Å². The van der Waals surface area contributed by atoms with Crippen molar-refractivity contribution in [3.8, 4) is 11.5 Å². The molecule has 0 amide bonds. The van der Waals surface area contributed by atoms with Crippen molar-refractivity contribution in [3.63, 3.8) is 0 Å². The first-order valence-electron chi connectivity index (χ1n) is 8.24. The summed E-state index contributed by atoms with van der Waals surface area (Å²) in [6.07, 6.45) is 2.83. The molecule has 6 heteroatoms. The normalized spacial score (nSPS) is 18.2. The highest BCUT2D eigenvalue weighted by Crippen LogP contribution is 2.18. The first-order valence-corrected chi connectivity index (χ1v) is 8.24. The van der Waals surface area contributed by atoms with Crippen LogP contribution in [0.1, 0.15) is 12.1 Å². The van der Waals surface area contributed by atoms with Crippen LogP contribution in [0, 0.1) is 5.92 Å². The Balaban J connectivity index is 1.56. The minimum atomic E-state index is 0.574. The summed E-state index contributed by atoms with van der Waals surface area (Å²) in [6, 6.07) is 9.91. The minimum absolute atomic E-state index is 0.574. The van der Waals surface area contributed by atoms with Gasteiger partial charge in [0.25, 0.3) is 0 Å². The number of rotatable bonds is 5. The lowest BCUT2D eigenvalue weighted by Gasteiger charge is -2.21. The molecule has 1 fully saturated rings. The van der Waals surface area contributed by atoms with E-state index in [1.807, 2.05) is 37.4 Å². The zero-order valence-corrected chi connectivity index (χ0v) is 14.2. The van der Waals surface area contributed by atoms with Gasteiger partial charge >= 0.3 is 0 Å². The van der Waals surface area contributed by atoms with Gasteiger partial charge in [-0.2, -0.15) is 0 Å². The third-order valence-electron chi connectivity index (χ3n) is 4.20. The third-order valence-corrected chi connectivity index (χ3v) is 4.20. The molecule has 2 aromatic rings. The monoisotopic (exact) mass is 328 g/mol. The molecule has 3 rings (SSSR count). The van der Waals surface area contributed by atoms with Gasteiger partial charge in [0.05, 0.1) is 18.8 Å². The summed E-state index contributed by atoms with van der Waals surface area (Å²) >= 11 is 0. The summed E-state index contributed by atoms with van der Waals surface area (Å²) in [6.45, 7) is 3.37. The van der Waals surface area contributed by atoms with E-state index in [2.05, 4.69) is 20.2 Å². The fraction of sp³-hybridized carbons (Fsp3) is 0.444. The molecule has 6 nitrogen and oxygen atoms in total. The molecule has 0 spiro atoms. The maximum Gasteiger partial charge on any atom is 0.226 e. The number of aliphatic imine (C=N–C) groups is 1. The third kappa shape index (κ3) is 3.94. The van der Waals surface area contributed by atoms with Crippen LogP contribution in [0.15, 0.2) is 46.0 Å². The van der Waals surface area contributed by atoms with Crippen molar-refractivity contribution in [1.29, 1.82) is 0 Å². The van der Waals surface area contributed by atoms with Crippen LogP contribution in [0.2, 0.25) is 0 Å². The lowest BCUT2D eigenvalue weighted by Crippen LogP contribution is -2.39. The van der Waals surface area contributed by atoms with Gasteiger partial charge < -0.3 is 19.4 Å². The van der Waals surface area contributed by atoms with Gasteiger partial charge in [-0.05, 0) is 18.6 Å². The number of nitrogens with zero attached hydrogens (tertiary/aromatic N) is 3. The van der Waals surface area contributed by atoms with E-state index >= 15 is 0 Å². The highest BCUT2D eigenvalue weighted by Gasteiger charge is 2.24. The molecule has 1 atom stereocenters. The quantitative estimate of drug-likeness (QED) is 0.674. The Hall–Kier alpha value is -2.34. The number of ether oxygens (including phenoxy) is 1. The van der Waals surface area contributed by atoms with Crippen molar-refractivity contribution in [3.05, 3.63) is 42.3 Å². The van der Waals surface area contributed by atoms with E-state index in [0.29, 0.717) is 18.4 Å². The number of hydrogen-bond donors (Lipinski definition) is 1. The van der Waals surface area contributed by atoms with Crippen LogP contribution in [0.5, 0.6) is 0 Å². The standard InChI is InChI=1S/C18H24N4O2/c1-19-18(22-9-8-14(11-22)12-23-2)20-10-16-13-24-17(21-16)15-6-4-3-5-7-15/h3-7,13-14H,8-12H2,1-2H3,(H,19,20). The number of hydrogen-bond acceptors (Lipinski definition) is 4. The van der Waals surface area contributed by atoms with Crippen molar-refractivity contribution in [2.45, 2.75) is 13.0 Å². The summed E-state index contributed by atoms with van der Waals surface area (Å²) in [7, 11) is 3.56. The Morgan fingerprint density at radius 1 is 1.42 bits per heavy atom. The molecule has 0 aliphatic carbocycles. The second-order valence-corrected chi connectivity index (χ2v) is 5.97. The largest absolute Gasteiger partial charge is 0.444 e. The maximum absolute atomic E-state index is 5.57. The molecule has 1 aromatic carbocycles. The Morgan fingerprint density at radius 2 is 2.25 bits per heavy atom. The summed E-state index contributed by atoms with van der Waals surface area (Å²) in [4.78, 5) is 11.2. The molecule has 1 aromatic heterocycles. The second-order valence-electron chi connectivity index (χ2n) is 5.97. The van der Waals surface area contributed by atoms with Crippen LogP contribution < -0.4 is 5.32 Å². The van der Waals surface area contributed by atoms with E-state index in [9.17, 15) is 0 Å². The fourth-order valence-electron chi connectivity index (χ4n) is 3.00. The van der Waals surface area contributed by atoms with Gasteiger partial charge in [-0.25, -0.2) is 4.98 Å². The zero-order valence-electron chi connectivity index (χ0n) is 14.2. The average Bonchev–Trinajstić information content (AvgIpc) is 3.27. The lowest BCUT2D eigenvalue weighted by atomic mass is 10.1. The molecular formula is C18H24N4O2. The Kier molecular flexibility index (Phi) is 5.48. The number of likely N-dealkylation sites (tertiary alicyclic amines) is 1. The lowest BCUT2D eigenvalue weighted by molar-refractivity contribution is 0.157. The molecule has 1 N–H and O–H groups in total. The van der Waals surface area contributed by atoms with Crippen LogP contribution in [-0.2, 0) is 11.3 Å². The molecule has 1 aliphatic rings. The van der Waals surface area contributed by atoms with Gasteiger partial charge in [0.2, 0.25) is 5.89 Å². The van der Waals surface area contributed by atoms with Crippen LogP contribution >= 0.6 is 0 Å². The molecule has 24 heavy (non-hydrogen) atoms. The number of aromatic nitrogens is 1. The summed E-state index contributed by atoms with van der Waals surface area (Å²) in [5.74, 6) is 2.12. The van der Waals surface area contributed by atoms with Crippen LogP contribution in [0.4, 0.5) is 0 Å². The molecule has 0 saturated carbocycles. The average molecular weight is 328 g/mol. The predicted octanol–water partition coefficient (Wildman–Crippen LogP) is 2.39. The van der Waals surface area contributed by atoms with Crippen LogP contribution in [-0.4, -0.2) is 49.7 Å². The SMILES string of the molecule is CN=C(NCc1coc(-c2ccccc2)n1)N1CCC(COC)C1. The molecule has 1 unspecified atom stereocenters. The summed E-state index contributed by atoms with van der Waals surface area (Å²) < 4.78 is 10.8. The van der Waals surface area contributed by atoms with Crippen molar-refractivity contribution < 1.29 is 9.15 Å². The minimum Gasteiger partial charge on any atom is -0.444 e. The topological polar surface area (TPSA) is 62.9 Å². The van der Waals surface area contributed by atoms with E-state index in [4.69, 9.17) is 9.15 Å². The van der Waals surface area contributed by atoms with Gasteiger partial charge in [0, 0.05) is 38.7 Å². The van der Waals surface area contributed by atoms with E-state index in [-0.39, 0.29) is 0 Å². The van der Waals surface area contributed by atoms with Crippen molar-refractivity contribution in [2.75, 3.05) is 33.9 Å². The number of nitrogens with one attached hydrogen (secondary N) is 1. The smallest absolute Gasteiger partial charge is 0.226 e. The van der Waals surface area contributed by atoms with Crippen LogP contribution in [0.3, 0.4) is 0 Å². The van der Waals surface area contributed by atoms with E-state index in [0.717, 1.165) is 43.3 Å². The highest BCUT2D eigenvalue weighted by molar-refractivity contribution is 5.80. The second kappa shape index (κ2) is 7.97. The van der Waals surface area contributed by atoms with E-state index in [1.54, 1.807) is 13.4 Å². The fourth-order valence-corrected chi connectivity index (χ4v) is 3.00. The van der Waals surface area contributed by atoms with E-state index in [1.165, 1.54) is 0 Å². The molecule has 0 radical (unpaired) electrons. The molecular weight excluding hydrogens is 304 g/mol. The van der Waals surface area contributed by atoms with E-state index < -0.39 is 0 Å². The van der Waals surface area contributed by atoms with Gasteiger partial charge in [0.15, 0.2) is 5.96 Å². The van der Waals surface area contributed by atoms with Crippen molar-refractivity contribution in [2.24, 2.45) is 10.9 Å². The Morgan fingerprint density at radius 3 is 3.00 bits per heavy atom. The molecule has 128 valence electrons. The number of benzene rings is 1. The first-order chi connectivity index (χ1) is 11.8. The highest BCUT2D eigenvalue weighted by atomic mass is 16.5. The van der Waals surface area contributed by atoms with Crippen molar-refractivity contribution >= 4 is 5.96 Å². The number of oxazole rings is 1. The van der Waals surface area contributed by atoms with Gasteiger partial charge in [-0.3, -0.25) is 4.99 Å². The summed E-state index contributed by atoms with van der Waals surface area (Å²) in [5, 5.41) is 3.37. The number of guanidine groups is 1. The van der Waals surface area contributed by atoms with Gasteiger partial charge in [-0.1, -0.05) is 18.2 Å². The first kappa shape index (κ1) is 16.5. The molecule has 1 aliphatic heterocycles. The maximum atomic E-state index is 5.57. The zero-order chi connectivity index (χ0) is 16.8. The van der Waals surface area contributed by atoms with Gasteiger partial charge in [0.1, 0.15) is 6.26 Å². The Labute approximate surface area is 142 Å². The molecule has 2 heterocycles. The molecule has 1 saturated heterocycles. The van der Waals surface area contributed by atoms with Crippen molar-refractivity contribution in [1.82, 2.24) is 15.2 Å². The predicted molar refractivity (Wildman–Crippen MR) is 93.7 cm³/mol. The Bertz CT molecular complexity index is 669. The molecule has 0 bridgehead atoms. The van der Waals surface area contributed by atoms with Crippen LogP contribution in [0.25, 0.3) is 11.5 Å². The summed E-state index contributed by atoms with van der Waals surface area (Å²) in [5.41, 5.74) is 1.85. The number of methoxy groups -OCH3 is 1.